The number of amides is 1. The van der Waals surface area contributed by atoms with Crippen LogP contribution in [0.25, 0.3) is 0 Å². The quantitative estimate of drug-likeness (QED) is 0.408. The van der Waals surface area contributed by atoms with Crippen LogP contribution in [-0.2, 0) is 14.3 Å². The minimum atomic E-state index is -1.39. The molecular weight excluding hydrogens is 234 g/mol. The number of carboxylic acid groups (broad SMARTS) is 1. The minimum Gasteiger partial charge on any atom is -0.465 e. The van der Waals surface area contributed by atoms with E-state index in [1.54, 1.807) is 0 Å². The zero-order valence-corrected chi connectivity index (χ0v) is 9.20. The monoisotopic (exact) mass is 249 g/mol. The molecule has 0 radical (unpaired) electrons. The number of hydrogen-bond acceptors (Lipinski definition) is 6. The molecule has 0 saturated carbocycles. The molecule has 4 atom stereocenters. The molecule has 17 heavy (non-hydrogen) atoms. The summed E-state index contributed by atoms with van der Waals surface area (Å²) in [4.78, 5) is 21.9. The van der Waals surface area contributed by atoms with Crippen LogP contribution < -0.4 is 5.32 Å². The van der Waals surface area contributed by atoms with Gasteiger partial charge in [-0.15, -0.1) is 0 Å². The van der Waals surface area contributed by atoms with Gasteiger partial charge in [-0.3, -0.25) is 0 Å². The van der Waals surface area contributed by atoms with Crippen LogP contribution in [0.3, 0.4) is 0 Å². The highest BCUT2D eigenvalue weighted by Gasteiger charge is 2.32. The van der Waals surface area contributed by atoms with Crippen molar-refractivity contribution < 1.29 is 34.4 Å². The summed E-state index contributed by atoms with van der Waals surface area (Å²) < 4.78 is 9.75. The summed E-state index contributed by atoms with van der Waals surface area (Å²) in [6.07, 6.45) is -4.80. The SMILES string of the molecule is CC1OC(=O)[C@@H](NC(=O)O)COC[C@H](O)C1O. The second kappa shape index (κ2) is 5.80. The normalized spacial score (nSPS) is 35.1. The van der Waals surface area contributed by atoms with E-state index in [-0.39, 0.29) is 13.2 Å². The van der Waals surface area contributed by atoms with Gasteiger partial charge in [-0.2, -0.15) is 0 Å². The van der Waals surface area contributed by atoms with Crippen molar-refractivity contribution in [3.8, 4) is 0 Å². The van der Waals surface area contributed by atoms with Gasteiger partial charge in [-0.05, 0) is 6.92 Å². The van der Waals surface area contributed by atoms with Gasteiger partial charge >= 0.3 is 12.1 Å². The lowest BCUT2D eigenvalue weighted by Crippen LogP contribution is -2.45. The maximum Gasteiger partial charge on any atom is 0.405 e. The molecule has 2 unspecified atom stereocenters. The number of aliphatic hydroxyl groups is 2. The molecule has 1 aliphatic heterocycles. The number of carbonyl (C=O) groups excluding carboxylic acids is 1. The molecule has 1 fully saturated rings. The zero-order valence-electron chi connectivity index (χ0n) is 9.20. The third-order valence-corrected chi connectivity index (χ3v) is 2.33. The second-order valence-corrected chi connectivity index (χ2v) is 3.74. The van der Waals surface area contributed by atoms with Crippen molar-refractivity contribution in [2.24, 2.45) is 0 Å². The number of rotatable bonds is 1. The highest BCUT2D eigenvalue weighted by Crippen LogP contribution is 2.09. The van der Waals surface area contributed by atoms with E-state index in [9.17, 15) is 19.8 Å². The molecule has 1 saturated heterocycles. The molecule has 4 N–H and O–H groups in total. The van der Waals surface area contributed by atoms with Crippen LogP contribution in [0.15, 0.2) is 0 Å². The van der Waals surface area contributed by atoms with Crippen molar-refractivity contribution in [2.75, 3.05) is 13.2 Å². The van der Waals surface area contributed by atoms with Gasteiger partial charge in [0, 0.05) is 0 Å². The highest BCUT2D eigenvalue weighted by molar-refractivity contribution is 5.81. The van der Waals surface area contributed by atoms with Crippen molar-refractivity contribution >= 4 is 12.1 Å². The smallest absolute Gasteiger partial charge is 0.405 e. The molecule has 0 aromatic carbocycles. The molecule has 8 heteroatoms. The number of aliphatic hydroxyl groups excluding tert-OH is 2. The Balaban J connectivity index is 2.72. The number of cyclic esters (lactones) is 1. The van der Waals surface area contributed by atoms with Crippen LogP contribution >= 0.6 is 0 Å². The lowest BCUT2D eigenvalue weighted by Gasteiger charge is -2.22. The fraction of sp³-hybridized carbons (Fsp3) is 0.778. The number of ether oxygens (including phenoxy) is 2. The summed E-state index contributed by atoms with van der Waals surface area (Å²) >= 11 is 0. The second-order valence-electron chi connectivity index (χ2n) is 3.74. The Morgan fingerprint density at radius 3 is 2.65 bits per heavy atom. The van der Waals surface area contributed by atoms with Crippen LogP contribution in [0.4, 0.5) is 4.79 Å². The third kappa shape index (κ3) is 3.84. The maximum absolute atomic E-state index is 11.5. The van der Waals surface area contributed by atoms with Crippen molar-refractivity contribution in [1.29, 1.82) is 0 Å². The Hall–Kier alpha value is -1.38. The number of esters is 1. The first-order chi connectivity index (χ1) is 7.91. The molecule has 0 aromatic heterocycles. The zero-order chi connectivity index (χ0) is 13.0. The van der Waals surface area contributed by atoms with Crippen LogP contribution in [0, 0.1) is 0 Å². The van der Waals surface area contributed by atoms with E-state index in [4.69, 9.17) is 14.6 Å². The molecule has 1 amide bonds. The van der Waals surface area contributed by atoms with Gasteiger partial charge in [-0.1, -0.05) is 0 Å². The van der Waals surface area contributed by atoms with E-state index in [0.29, 0.717) is 0 Å². The van der Waals surface area contributed by atoms with Crippen molar-refractivity contribution in [1.82, 2.24) is 5.32 Å². The first kappa shape index (κ1) is 13.7. The Labute approximate surface area is 97.1 Å². The summed E-state index contributed by atoms with van der Waals surface area (Å²) in [6.45, 7) is 0.927. The predicted molar refractivity (Wildman–Crippen MR) is 53.3 cm³/mol. The number of hydrogen-bond donors (Lipinski definition) is 4. The van der Waals surface area contributed by atoms with Gasteiger partial charge in [-0.25, -0.2) is 9.59 Å². The van der Waals surface area contributed by atoms with E-state index in [2.05, 4.69) is 0 Å². The largest absolute Gasteiger partial charge is 0.465 e. The molecular formula is C9H15NO7. The minimum absolute atomic E-state index is 0.208. The molecule has 0 spiro atoms. The van der Waals surface area contributed by atoms with E-state index in [1.807, 2.05) is 5.32 Å². The number of nitrogens with one attached hydrogen (secondary N) is 1. The standard InChI is InChI=1S/C9H15NO7/c1-4-7(12)6(11)3-16-2-5(8(13)17-4)10-9(14)15/h4-7,10-12H,2-3H2,1H3,(H,14,15)/t4?,5-,6-,7?/m0/s1. The number of carbonyl (C=O) groups is 2. The molecule has 1 rings (SSSR count). The highest BCUT2D eigenvalue weighted by atomic mass is 16.6. The molecule has 98 valence electrons. The molecule has 0 aromatic rings. The van der Waals surface area contributed by atoms with Gasteiger partial charge in [0.1, 0.15) is 18.3 Å². The van der Waals surface area contributed by atoms with Crippen molar-refractivity contribution in [3.05, 3.63) is 0 Å². The van der Waals surface area contributed by atoms with Gasteiger partial charge in [0.05, 0.1) is 13.2 Å². The Morgan fingerprint density at radius 2 is 2.06 bits per heavy atom. The van der Waals surface area contributed by atoms with E-state index in [1.165, 1.54) is 6.92 Å². The van der Waals surface area contributed by atoms with Crippen molar-refractivity contribution in [3.63, 3.8) is 0 Å². The van der Waals surface area contributed by atoms with Gasteiger partial charge in [0.25, 0.3) is 0 Å². The average Bonchev–Trinajstić information content (AvgIpc) is 2.27. The maximum atomic E-state index is 11.5. The summed E-state index contributed by atoms with van der Waals surface area (Å²) in [7, 11) is 0. The van der Waals surface area contributed by atoms with Gasteiger partial charge < -0.3 is 30.1 Å². The predicted octanol–water partition coefficient (Wildman–Crippen LogP) is -1.69. The van der Waals surface area contributed by atoms with E-state index < -0.39 is 36.4 Å². The molecule has 0 bridgehead atoms. The fourth-order valence-electron chi connectivity index (χ4n) is 1.37. The fourth-order valence-corrected chi connectivity index (χ4v) is 1.37. The van der Waals surface area contributed by atoms with Crippen LogP contribution in [0.1, 0.15) is 6.92 Å². The van der Waals surface area contributed by atoms with Crippen LogP contribution in [0.5, 0.6) is 0 Å². The summed E-state index contributed by atoms with van der Waals surface area (Å²) in [5.74, 6) is -0.854. The molecule has 0 aliphatic carbocycles. The van der Waals surface area contributed by atoms with E-state index >= 15 is 0 Å². The van der Waals surface area contributed by atoms with Crippen molar-refractivity contribution in [2.45, 2.75) is 31.3 Å². The summed E-state index contributed by atoms with van der Waals surface area (Å²) in [5.41, 5.74) is 0. The molecule has 8 nitrogen and oxygen atoms in total. The lowest BCUT2D eigenvalue weighted by atomic mass is 10.1. The summed E-state index contributed by atoms with van der Waals surface area (Å²) in [6, 6.07) is -1.17. The lowest BCUT2D eigenvalue weighted by molar-refractivity contribution is -0.158. The average molecular weight is 249 g/mol. The topological polar surface area (TPSA) is 125 Å². The first-order valence-electron chi connectivity index (χ1n) is 5.05. The summed E-state index contributed by atoms with van der Waals surface area (Å²) in [5, 5.41) is 29.4. The van der Waals surface area contributed by atoms with Crippen LogP contribution in [0.2, 0.25) is 0 Å². The molecule has 1 heterocycles. The van der Waals surface area contributed by atoms with Gasteiger partial charge in [0.2, 0.25) is 0 Å². The Kier molecular flexibility index (Phi) is 4.67. The Bertz CT molecular complexity index is 295. The molecule has 1 aliphatic rings. The first-order valence-corrected chi connectivity index (χ1v) is 5.05. The van der Waals surface area contributed by atoms with Crippen LogP contribution in [-0.4, -0.2) is 64.9 Å². The third-order valence-electron chi connectivity index (χ3n) is 2.33. The van der Waals surface area contributed by atoms with Gasteiger partial charge in [0.15, 0.2) is 6.04 Å². The Morgan fingerprint density at radius 1 is 1.41 bits per heavy atom. The van der Waals surface area contributed by atoms with E-state index in [0.717, 1.165) is 0 Å².